The normalized spacial score (nSPS) is 16.9. The Morgan fingerprint density at radius 3 is 2.50 bits per heavy atom. The summed E-state index contributed by atoms with van der Waals surface area (Å²) in [5.41, 5.74) is 1.16. The van der Waals surface area contributed by atoms with Crippen molar-refractivity contribution in [1.82, 2.24) is 9.80 Å². The van der Waals surface area contributed by atoms with E-state index in [1.165, 1.54) is 0 Å². The van der Waals surface area contributed by atoms with E-state index in [1.807, 2.05) is 30.0 Å². The molecular weight excluding hydrogens is 248 g/mol. The van der Waals surface area contributed by atoms with Crippen LogP contribution in [-0.2, 0) is 11.3 Å². The summed E-state index contributed by atoms with van der Waals surface area (Å²) in [5.74, 6) is 0.257. The van der Waals surface area contributed by atoms with Crippen LogP contribution in [0.1, 0.15) is 18.9 Å². The molecule has 0 radical (unpaired) electrons. The number of carbonyl (C=O) groups excluding carboxylic acids is 1. The first-order chi connectivity index (χ1) is 8.70. The summed E-state index contributed by atoms with van der Waals surface area (Å²) in [6, 6.07) is 7.95. The molecule has 0 unspecified atom stereocenters. The zero-order valence-corrected chi connectivity index (χ0v) is 11.5. The molecule has 0 bridgehead atoms. The van der Waals surface area contributed by atoms with Crippen molar-refractivity contribution < 1.29 is 4.79 Å². The maximum atomic E-state index is 11.6. The minimum absolute atomic E-state index is 0.257. The van der Waals surface area contributed by atoms with Crippen LogP contribution in [0, 0.1) is 0 Å². The lowest BCUT2D eigenvalue weighted by Crippen LogP contribution is -2.48. The van der Waals surface area contributed by atoms with E-state index >= 15 is 0 Å². The second-order valence-electron chi connectivity index (χ2n) is 4.60. The Hall–Kier alpha value is -1.06. The Labute approximate surface area is 113 Å². The maximum Gasteiger partial charge on any atom is 0.222 e. The van der Waals surface area contributed by atoms with Gasteiger partial charge in [-0.25, -0.2) is 0 Å². The molecule has 1 aliphatic heterocycles. The first-order valence-corrected chi connectivity index (χ1v) is 6.82. The molecule has 0 aromatic heterocycles. The van der Waals surface area contributed by atoms with Crippen molar-refractivity contribution >= 4 is 17.5 Å². The average molecular weight is 267 g/mol. The second kappa shape index (κ2) is 6.21. The molecule has 3 nitrogen and oxygen atoms in total. The SMILES string of the molecule is CCC(=O)N1CCN(Cc2ccccc2Cl)CC1. The molecule has 18 heavy (non-hydrogen) atoms. The van der Waals surface area contributed by atoms with Gasteiger partial charge in [0.05, 0.1) is 0 Å². The molecule has 1 heterocycles. The lowest BCUT2D eigenvalue weighted by molar-refractivity contribution is -0.132. The molecule has 0 spiro atoms. The monoisotopic (exact) mass is 266 g/mol. The summed E-state index contributed by atoms with van der Waals surface area (Å²) in [4.78, 5) is 15.9. The minimum atomic E-state index is 0.257. The van der Waals surface area contributed by atoms with Gasteiger partial charge in [0.2, 0.25) is 5.91 Å². The molecule has 1 fully saturated rings. The Morgan fingerprint density at radius 1 is 1.22 bits per heavy atom. The highest BCUT2D eigenvalue weighted by molar-refractivity contribution is 6.31. The third-order valence-corrected chi connectivity index (χ3v) is 3.75. The highest BCUT2D eigenvalue weighted by Crippen LogP contribution is 2.17. The molecule has 98 valence electrons. The fourth-order valence-corrected chi connectivity index (χ4v) is 2.44. The first-order valence-electron chi connectivity index (χ1n) is 6.44. The van der Waals surface area contributed by atoms with Crippen LogP contribution < -0.4 is 0 Å². The third-order valence-electron chi connectivity index (χ3n) is 3.38. The standard InChI is InChI=1S/C14H19ClN2O/c1-2-14(18)17-9-7-16(8-10-17)11-12-5-3-4-6-13(12)15/h3-6H,2,7-11H2,1H3. The summed E-state index contributed by atoms with van der Waals surface area (Å²) >= 11 is 6.15. The molecule has 0 atom stereocenters. The van der Waals surface area contributed by atoms with Gasteiger partial charge in [0, 0.05) is 44.2 Å². The summed E-state index contributed by atoms with van der Waals surface area (Å²) in [6.07, 6.45) is 0.602. The molecule has 0 aliphatic carbocycles. The van der Waals surface area contributed by atoms with Crippen LogP contribution in [0.25, 0.3) is 0 Å². The predicted octanol–water partition coefficient (Wildman–Crippen LogP) is 2.39. The predicted molar refractivity (Wildman–Crippen MR) is 73.6 cm³/mol. The van der Waals surface area contributed by atoms with Crippen molar-refractivity contribution in [2.45, 2.75) is 19.9 Å². The number of rotatable bonds is 3. The fraction of sp³-hybridized carbons (Fsp3) is 0.500. The number of nitrogens with zero attached hydrogens (tertiary/aromatic N) is 2. The second-order valence-corrected chi connectivity index (χ2v) is 5.01. The summed E-state index contributed by atoms with van der Waals surface area (Å²) in [6.45, 7) is 6.30. The zero-order valence-electron chi connectivity index (χ0n) is 10.7. The third kappa shape index (κ3) is 3.24. The van der Waals surface area contributed by atoms with Gasteiger partial charge >= 0.3 is 0 Å². The van der Waals surface area contributed by atoms with E-state index < -0.39 is 0 Å². The number of piperazine rings is 1. The van der Waals surface area contributed by atoms with E-state index in [0.717, 1.165) is 43.3 Å². The lowest BCUT2D eigenvalue weighted by atomic mass is 10.2. The van der Waals surface area contributed by atoms with Crippen molar-refractivity contribution in [3.63, 3.8) is 0 Å². The van der Waals surface area contributed by atoms with Gasteiger partial charge in [-0.3, -0.25) is 9.69 Å². The number of carbonyl (C=O) groups is 1. The maximum absolute atomic E-state index is 11.6. The number of benzene rings is 1. The van der Waals surface area contributed by atoms with E-state index in [2.05, 4.69) is 11.0 Å². The lowest BCUT2D eigenvalue weighted by Gasteiger charge is -2.34. The molecule has 4 heteroatoms. The van der Waals surface area contributed by atoms with E-state index in [1.54, 1.807) is 0 Å². The van der Waals surface area contributed by atoms with Gasteiger partial charge in [-0.2, -0.15) is 0 Å². The van der Waals surface area contributed by atoms with E-state index in [9.17, 15) is 4.79 Å². The number of hydrogen-bond donors (Lipinski definition) is 0. The fourth-order valence-electron chi connectivity index (χ4n) is 2.25. The van der Waals surface area contributed by atoms with Crippen molar-refractivity contribution in [2.24, 2.45) is 0 Å². The van der Waals surface area contributed by atoms with Gasteiger partial charge in [0.25, 0.3) is 0 Å². The molecule has 1 saturated heterocycles. The highest BCUT2D eigenvalue weighted by Gasteiger charge is 2.20. The Bertz CT molecular complexity index is 414. The van der Waals surface area contributed by atoms with Gasteiger partial charge < -0.3 is 4.90 Å². The minimum Gasteiger partial charge on any atom is -0.340 e. The summed E-state index contributed by atoms with van der Waals surface area (Å²) < 4.78 is 0. The average Bonchev–Trinajstić information content (AvgIpc) is 2.41. The van der Waals surface area contributed by atoms with Crippen LogP contribution >= 0.6 is 11.6 Å². The number of halogens is 1. The smallest absolute Gasteiger partial charge is 0.222 e. The zero-order chi connectivity index (χ0) is 13.0. The van der Waals surface area contributed by atoms with Crippen LogP contribution in [-0.4, -0.2) is 41.9 Å². The molecule has 1 aliphatic rings. The quantitative estimate of drug-likeness (QED) is 0.839. The molecule has 2 rings (SSSR count). The largest absolute Gasteiger partial charge is 0.340 e. The van der Waals surface area contributed by atoms with Crippen LogP contribution in [0.15, 0.2) is 24.3 Å². The molecule has 1 aromatic rings. The molecule has 1 amide bonds. The van der Waals surface area contributed by atoms with Gasteiger partial charge in [-0.05, 0) is 11.6 Å². The Balaban J connectivity index is 1.87. The van der Waals surface area contributed by atoms with Crippen LogP contribution in [0.2, 0.25) is 5.02 Å². The summed E-state index contributed by atoms with van der Waals surface area (Å²) in [5, 5.41) is 0.824. The number of hydrogen-bond acceptors (Lipinski definition) is 2. The highest BCUT2D eigenvalue weighted by atomic mass is 35.5. The van der Waals surface area contributed by atoms with E-state index in [0.29, 0.717) is 6.42 Å². The molecule has 1 aromatic carbocycles. The molecule has 0 N–H and O–H groups in total. The van der Waals surface area contributed by atoms with Gasteiger partial charge in [0.15, 0.2) is 0 Å². The Kier molecular flexibility index (Phi) is 4.61. The van der Waals surface area contributed by atoms with Crippen LogP contribution in [0.4, 0.5) is 0 Å². The van der Waals surface area contributed by atoms with Crippen molar-refractivity contribution in [3.05, 3.63) is 34.9 Å². The topological polar surface area (TPSA) is 23.6 Å². The van der Waals surface area contributed by atoms with Crippen LogP contribution in [0.3, 0.4) is 0 Å². The first kappa shape index (κ1) is 13.4. The van der Waals surface area contributed by atoms with Gasteiger partial charge in [0.1, 0.15) is 0 Å². The Morgan fingerprint density at radius 2 is 1.89 bits per heavy atom. The van der Waals surface area contributed by atoms with Crippen LogP contribution in [0.5, 0.6) is 0 Å². The van der Waals surface area contributed by atoms with Crippen molar-refractivity contribution in [2.75, 3.05) is 26.2 Å². The van der Waals surface area contributed by atoms with E-state index in [4.69, 9.17) is 11.6 Å². The van der Waals surface area contributed by atoms with E-state index in [-0.39, 0.29) is 5.91 Å². The van der Waals surface area contributed by atoms with Crippen molar-refractivity contribution in [3.8, 4) is 0 Å². The molecular formula is C14H19ClN2O. The van der Waals surface area contributed by atoms with Gasteiger partial charge in [-0.1, -0.05) is 36.7 Å². The van der Waals surface area contributed by atoms with Crippen molar-refractivity contribution in [1.29, 1.82) is 0 Å². The summed E-state index contributed by atoms with van der Waals surface area (Å²) in [7, 11) is 0. The molecule has 0 saturated carbocycles. The number of amides is 1. The van der Waals surface area contributed by atoms with Gasteiger partial charge in [-0.15, -0.1) is 0 Å².